The van der Waals surface area contributed by atoms with Gasteiger partial charge in [-0.2, -0.15) is 5.10 Å². The predicted molar refractivity (Wildman–Crippen MR) is 118 cm³/mol. The third-order valence-electron chi connectivity index (χ3n) is 4.75. The van der Waals surface area contributed by atoms with Crippen LogP contribution in [-0.4, -0.2) is 34.1 Å². The first-order chi connectivity index (χ1) is 14.4. The minimum Gasteiger partial charge on any atom is -0.486 e. The molecule has 1 unspecified atom stereocenters. The number of hydrogen-bond donors (Lipinski definition) is 1. The second-order valence-electron chi connectivity index (χ2n) is 7.14. The Morgan fingerprint density at radius 1 is 1.40 bits per heavy atom. The van der Waals surface area contributed by atoms with Crippen LogP contribution in [0.1, 0.15) is 27.7 Å². The number of nitrogens with zero attached hydrogens (tertiary/aromatic N) is 2. The standard InChI is InChI=1S/C22H20ClN3O3S/c1-13(27)19-4-5-20(30-19)15-7-16-8-17(29-22(16)18(23)9-15)11-24-21(28)6-3-14-10-25-26(2)12-14/h3-7,9-10,12,17H,8,11H2,1-2H3,(H,24,28). The molecule has 1 aromatic carbocycles. The van der Waals surface area contributed by atoms with Crippen LogP contribution < -0.4 is 10.1 Å². The molecule has 1 N–H and O–H groups in total. The summed E-state index contributed by atoms with van der Waals surface area (Å²) in [6.07, 6.45) is 7.18. The van der Waals surface area contributed by atoms with Crippen molar-refractivity contribution in [2.45, 2.75) is 19.4 Å². The van der Waals surface area contributed by atoms with E-state index in [0.717, 1.165) is 26.4 Å². The quantitative estimate of drug-likeness (QED) is 0.461. The van der Waals surface area contributed by atoms with Crippen molar-refractivity contribution in [2.75, 3.05) is 6.54 Å². The summed E-state index contributed by atoms with van der Waals surface area (Å²) < 4.78 is 7.63. The Morgan fingerprint density at radius 3 is 2.93 bits per heavy atom. The highest BCUT2D eigenvalue weighted by atomic mass is 35.5. The first-order valence-electron chi connectivity index (χ1n) is 9.44. The lowest BCUT2D eigenvalue weighted by atomic mass is 10.1. The number of rotatable bonds is 6. The van der Waals surface area contributed by atoms with Gasteiger partial charge in [-0.1, -0.05) is 11.6 Å². The second-order valence-corrected chi connectivity index (χ2v) is 8.63. The summed E-state index contributed by atoms with van der Waals surface area (Å²) in [4.78, 5) is 25.4. The number of carbonyl (C=O) groups excluding carboxylic acids is 2. The largest absolute Gasteiger partial charge is 0.486 e. The van der Waals surface area contributed by atoms with E-state index < -0.39 is 0 Å². The van der Waals surface area contributed by atoms with Crippen molar-refractivity contribution in [3.8, 4) is 16.2 Å². The Hall–Kier alpha value is -2.90. The van der Waals surface area contributed by atoms with Crippen molar-refractivity contribution in [1.29, 1.82) is 0 Å². The zero-order valence-corrected chi connectivity index (χ0v) is 18.1. The molecule has 3 heterocycles. The van der Waals surface area contributed by atoms with Gasteiger partial charge in [0.05, 0.1) is 22.6 Å². The lowest BCUT2D eigenvalue weighted by molar-refractivity contribution is -0.116. The van der Waals surface area contributed by atoms with Gasteiger partial charge in [-0.15, -0.1) is 11.3 Å². The SMILES string of the molecule is CC(=O)c1ccc(-c2cc(Cl)c3c(c2)CC(CNC(=O)C=Cc2cnn(C)c2)O3)s1. The van der Waals surface area contributed by atoms with Crippen molar-refractivity contribution in [1.82, 2.24) is 15.1 Å². The van der Waals surface area contributed by atoms with Crippen molar-refractivity contribution in [3.63, 3.8) is 0 Å². The highest BCUT2D eigenvalue weighted by Gasteiger charge is 2.26. The molecule has 3 aromatic rings. The van der Waals surface area contributed by atoms with Crippen molar-refractivity contribution in [3.05, 3.63) is 63.8 Å². The molecule has 6 nitrogen and oxygen atoms in total. The zero-order chi connectivity index (χ0) is 21.3. The molecular formula is C22H20ClN3O3S. The highest BCUT2D eigenvalue weighted by molar-refractivity contribution is 7.17. The summed E-state index contributed by atoms with van der Waals surface area (Å²) in [6, 6.07) is 7.66. The van der Waals surface area contributed by atoms with E-state index in [4.69, 9.17) is 16.3 Å². The first kappa shape index (κ1) is 20.4. The molecule has 30 heavy (non-hydrogen) atoms. The molecule has 154 valence electrons. The van der Waals surface area contributed by atoms with Crippen LogP contribution in [0.4, 0.5) is 0 Å². The summed E-state index contributed by atoms with van der Waals surface area (Å²) in [6.45, 7) is 1.94. The summed E-state index contributed by atoms with van der Waals surface area (Å²) in [7, 11) is 1.82. The molecule has 0 fully saturated rings. The van der Waals surface area contributed by atoms with Crippen molar-refractivity contribution < 1.29 is 14.3 Å². The van der Waals surface area contributed by atoms with Gasteiger partial charge in [0.1, 0.15) is 11.9 Å². The maximum Gasteiger partial charge on any atom is 0.244 e. The van der Waals surface area contributed by atoms with Gasteiger partial charge in [-0.3, -0.25) is 14.3 Å². The van der Waals surface area contributed by atoms with E-state index in [1.165, 1.54) is 17.4 Å². The Kier molecular flexibility index (Phi) is 5.74. The molecule has 1 aliphatic rings. The number of ether oxygens (including phenoxy) is 1. The Balaban J connectivity index is 1.39. The molecule has 0 radical (unpaired) electrons. The molecule has 1 amide bonds. The first-order valence-corrected chi connectivity index (χ1v) is 10.6. The van der Waals surface area contributed by atoms with Crippen LogP contribution in [0.15, 0.2) is 42.7 Å². The van der Waals surface area contributed by atoms with Gasteiger partial charge in [-0.05, 0) is 42.8 Å². The van der Waals surface area contributed by atoms with Crippen molar-refractivity contribution in [2.24, 2.45) is 7.05 Å². The Labute approximate surface area is 183 Å². The fourth-order valence-corrected chi connectivity index (χ4v) is 4.47. The third-order valence-corrected chi connectivity index (χ3v) is 6.26. The fourth-order valence-electron chi connectivity index (χ4n) is 3.30. The van der Waals surface area contributed by atoms with Gasteiger partial charge in [0.2, 0.25) is 5.91 Å². The van der Waals surface area contributed by atoms with Crippen LogP contribution in [0.25, 0.3) is 16.5 Å². The molecule has 0 saturated carbocycles. The van der Waals surface area contributed by atoms with E-state index in [-0.39, 0.29) is 17.8 Å². The summed E-state index contributed by atoms with van der Waals surface area (Å²) >= 11 is 7.90. The molecule has 0 spiro atoms. The minimum absolute atomic E-state index is 0.0511. The van der Waals surface area contributed by atoms with E-state index in [2.05, 4.69) is 10.4 Å². The molecule has 0 aliphatic carbocycles. The summed E-state index contributed by atoms with van der Waals surface area (Å²) in [5.74, 6) is 0.518. The van der Waals surface area contributed by atoms with Crippen LogP contribution in [0, 0.1) is 0 Å². The van der Waals surface area contributed by atoms with E-state index in [9.17, 15) is 9.59 Å². The van der Waals surface area contributed by atoms with Gasteiger partial charge in [0.15, 0.2) is 5.78 Å². The van der Waals surface area contributed by atoms with E-state index in [1.807, 2.05) is 37.5 Å². The number of halogens is 1. The van der Waals surface area contributed by atoms with Crippen LogP contribution in [0.5, 0.6) is 5.75 Å². The molecule has 4 rings (SSSR count). The number of hydrogen-bond acceptors (Lipinski definition) is 5. The van der Waals surface area contributed by atoms with Crippen molar-refractivity contribution >= 4 is 40.7 Å². The van der Waals surface area contributed by atoms with Crippen LogP contribution in [-0.2, 0) is 18.3 Å². The smallest absolute Gasteiger partial charge is 0.244 e. The maximum atomic E-state index is 12.1. The number of benzene rings is 1. The average Bonchev–Trinajstić information content (AvgIpc) is 3.43. The lowest BCUT2D eigenvalue weighted by Crippen LogP contribution is -2.33. The zero-order valence-electron chi connectivity index (χ0n) is 16.5. The molecule has 0 bridgehead atoms. The maximum absolute atomic E-state index is 12.1. The van der Waals surface area contributed by atoms with Crippen LogP contribution in [0.3, 0.4) is 0 Å². The number of aryl methyl sites for hydroxylation is 1. The molecule has 0 saturated heterocycles. The van der Waals surface area contributed by atoms with Crippen LogP contribution in [0.2, 0.25) is 5.02 Å². The number of carbonyl (C=O) groups is 2. The van der Waals surface area contributed by atoms with E-state index >= 15 is 0 Å². The number of thiophene rings is 1. The topological polar surface area (TPSA) is 73.2 Å². The number of nitrogens with one attached hydrogen (secondary N) is 1. The number of fused-ring (bicyclic) bond motifs is 1. The van der Waals surface area contributed by atoms with Gasteiger partial charge >= 0.3 is 0 Å². The predicted octanol–water partition coefficient (Wildman–Crippen LogP) is 4.14. The number of aromatic nitrogens is 2. The second kappa shape index (κ2) is 8.45. The van der Waals surface area contributed by atoms with Gasteiger partial charge < -0.3 is 10.1 Å². The third kappa shape index (κ3) is 4.47. The van der Waals surface area contributed by atoms with Gasteiger partial charge in [0.25, 0.3) is 0 Å². The average molecular weight is 442 g/mol. The summed E-state index contributed by atoms with van der Waals surface area (Å²) in [5, 5.41) is 7.45. The summed E-state index contributed by atoms with van der Waals surface area (Å²) in [5.41, 5.74) is 2.82. The van der Waals surface area contributed by atoms with Crippen LogP contribution >= 0.6 is 22.9 Å². The molecule has 1 aliphatic heterocycles. The lowest BCUT2D eigenvalue weighted by Gasteiger charge is -2.11. The molecule has 1 atom stereocenters. The minimum atomic E-state index is -0.194. The van der Waals surface area contributed by atoms with E-state index in [0.29, 0.717) is 23.7 Å². The Morgan fingerprint density at radius 2 is 2.23 bits per heavy atom. The molecular weight excluding hydrogens is 422 g/mol. The number of ketones is 1. The number of Topliss-reactive ketones (excluding diaryl/α,β-unsaturated/α-hetero) is 1. The Bertz CT molecular complexity index is 1150. The van der Waals surface area contributed by atoms with Gasteiger partial charge in [0, 0.05) is 41.7 Å². The monoisotopic (exact) mass is 441 g/mol. The van der Waals surface area contributed by atoms with Gasteiger partial charge in [-0.25, -0.2) is 0 Å². The van der Waals surface area contributed by atoms with E-state index in [1.54, 1.807) is 23.9 Å². The fraction of sp³-hybridized carbons (Fsp3) is 0.227. The number of amides is 1. The highest BCUT2D eigenvalue weighted by Crippen LogP contribution is 2.41. The normalized spacial score (nSPS) is 15.2. The molecule has 2 aromatic heterocycles. The molecule has 8 heteroatoms.